The number of hydrogen-bond acceptors (Lipinski definition) is 3. The number of benzene rings is 1. The number of hydrogen-bond donors (Lipinski definition) is 1. The molecular formula is C12H13ClFNO3. The van der Waals surface area contributed by atoms with Crippen molar-refractivity contribution in [3.8, 4) is 0 Å². The molecule has 4 nitrogen and oxygen atoms in total. The summed E-state index contributed by atoms with van der Waals surface area (Å²) in [5.41, 5.74) is 0.256. The second-order valence-corrected chi connectivity index (χ2v) is 4.39. The molecule has 0 saturated carbocycles. The molecule has 98 valence electrons. The van der Waals surface area contributed by atoms with Crippen molar-refractivity contribution in [2.24, 2.45) is 0 Å². The predicted octanol–water partition coefficient (Wildman–Crippen LogP) is 2.07. The smallest absolute Gasteiger partial charge is 0.317 e. The molecule has 18 heavy (non-hydrogen) atoms. The van der Waals surface area contributed by atoms with Gasteiger partial charge in [-0.3, -0.25) is 14.5 Å². The molecule has 0 aliphatic carbocycles. The summed E-state index contributed by atoms with van der Waals surface area (Å²) < 4.78 is 13.0. The molecule has 0 bridgehead atoms. The Hall–Kier alpha value is -1.46. The normalized spacial score (nSPS) is 12.5. The van der Waals surface area contributed by atoms with Crippen molar-refractivity contribution in [2.45, 2.75) is 13.0 Å². The van der Waals surface area contributed by atoms with E-state index in [4.69, 9.17) is 16.7 Å². The third-order valence-corrected chi connectivity index (χ3v) is 2.92. The van der Waals surface area contributed by atoms with Crippen LogP contribution in [0.15, 0.2) is 18.2 Å². The summed E-state index contributed by atoms with van der Waals surface area (Å²) in [6.07, 6.45) is 0. The maximum absolute atomic E-state index is 13.0. The van der Waals surface area contributed by atoms with Gasteiger partial charge in [-0.15, -0.1) is 0 Å². The van der Waals surface area contributed by atoms with Crippen LogP contribution in [-0.4, -0.2) is 41.4 Å². The van der Waals surface area contributed by atoms with E-state index < -0.39 is 17.8 Å². The SMILES string of the molecule is CC(C(=O)c1ccc(F)c(Cl)c1)N(C)CC(=O)O. The van der Waals surface area contributed by atoms with Crippen molar-refractivity contribution in [2.75, 3.05) is 13.6 Å². The Morgan fingerprint density at radius 3 is 2.61 bits per heavy atom. The van der Waals surface area contributed by atoms with Crippen LogP contribution in [0.2, 0.25) is 5.02 Å². The van der Waals surface area contributed by atoms with E-state index in [0.717, 1.165) is 6.07 Å². The summed E-state index contributed by atoms with van der Waals surface area (Å²) >= 11 is 5.59. The van der Waals surface area contributed by atoms with Gasteiger partial charge in [0.25, 0.3) is 0 Å². The van der Waals surface area contributed by atoms with Crippen LogP contribution in [0.5, 0.6) is 0 Å². The molecule has 0 aliphatic heterocycles. The van der Waals surface area contributed by atoms with E-state index in [1.165, 1.54) is 24.1 Å². The number of rotatable bonds is 5. The molecule has 1 rings (SSSR count). The van der Waals surface area contributed by atoms with Crippen molar-refractivity contribution in [3.05, 3.63) is 34.6 Å². The van der Waals surface area contributed by atoms with E-state index in [9.17, 15) is 14.0 Å². The fourth-order valence-electron chi connectivity index (χ4n) is 1.44. The van der Waals surface area contributed by atoms with E-state index in [0.29, 0.717) is 0 Å². The van der Waals surface area contributed by atoms with E-state index in [1.54, 1.807) is 6.92 Å². The van der Waals surface area contributed by atoms with Gasteiger partial charge < -0.3 is 5.11 Å². The number of carboxylic acid groups (broad SMARTS) is 1. The number of nitrogens with zero attached hydrogens (tertiary/aromatic N) is 1. The lowest BCUT2D eigenvalue weighted by Crippen LogP contribution is -2.39. The van der Waals surface area contributed by atoms with Crippen LogP contribution in [0.3, 0.4) is 0 Å². The molecule has 0 fully saturated rings. The molecule has 6 heteroatoms. The standard InChI is InChI=1S/C12H13ClFNO3/c1-7(15(2)6-11(16)17)12(18)8-3-4-10(14)9(13)5-8/h3-5,7H,6H2,1-2H3,(H,16,17). The third kappa shape index (κ3) is 3.51. The second-order valence-electron chi connectivity index (χ2n) is 3.98. The van der Waals surface area contributed by atoms with Crippen molar-refractivity contribution in [1.29, 1.82) is 0 Å². The minimum Gasteiger partial charge on any atom is -0.480 e. The fourth-order valence-corrected chi connectivity index (χ4v) is 1.62. The number of likely N-dealkylation sites (N-methyl/N-ethyl adjacent to an activating group) is 1. The molecule has 0 saturated heterocycles. The lowest BCUT2D eigenvalue weighted by Gasteiger charge is -2.21. The Labute approximate surface area is 109 Å². The first kappa shape index (κ1) is 14.6. The predicted molar refractivity (Wildman–Crippen MR) is 65.5 cm³/mol. The van der Waals surface area contributed by atoms with Crippen LogP contribution in [0, 0.1) is 5.82 Å². The van der Waals surface area contributed by atoms with Crippen LogP contribution in [-0.2, 0) is 4.79 Å². The lowest BCUT2D eigenvalue weighted by atomic mass is 10.0. The summed E-state index contributed by atoms with van der Waals surface area (Å²) in [4.78, 5) is 24.0. The Bertz CT molecular complexity index is 478. The summed E-state index contributed by atoms with van der Waals surface area (Å²) in [7, 11) is 1.53. The summed E-state index contributed by atoms with van der Waals surface area (Å²) in [5.74, 6) is -1.92. The number of carbonyl (C=O) groups excluding carboxylic acids is 1. The average Bonchev–Trinajstić information content (AvgIpc) is 2.30. The van der Waals surface area contributed by atoms with Crippen LogP contribution < -0.4 is 0 Å². The number of Topliss-reactive ketones (excluding diaryl/α,β-unsaturated/α-hetero) is 1. The highest BCUT2D eigenvalue weighted by Gasteiger charge is 2.21. The summed E-state index contributed by atoms with van der Waals surface area (Å²) in [6.45, 7) is 1.34. The molecule has 0 amide bonds. The van der Waals surface area contributed by atoms with Gasteiger partial charge in [-0.1, -0.05) is 11.6 Å². The Morgan fingerprint density at radius 2 is 2.11 bits per heavy atom. The average molecular weight is 274 g/mol. The zero-order chi connectivity index (χ0) is 13.9. The zero-order valence-corrected chi connectivity index (χ0v) is 10.7. The van der Waals surface area contributed by atoms with Crippen LogP contribution in [0.4, 0.5) is 4.39 Å². The van der Waals surface area contributed by atoms with E-state index >= 15 is 0 Å². The van der Waals surface area contributed by atoms with Gasteiger partial charge in [0.1, 0.15) is 5.82 Å². The number of carboxylic acids is 1. The van der Waals surface area contributed by atoms with Crippen molar-refractivity contribution >= 4 is 23.4 Å². The first-order valence-corrected chi connectivity index (χ1v) is 5.62. The molecule has 0 aliphatic rings. The molecule has 1 aromatic rings. The Kier molecular flexibility index (Phi) is 4.81. The van der Waals surface area contributed by atoms with Gasteiger partial charge in [0, 0.05) is 5.56 Å². The van der Waals surface area contributed by atoms with Gasteiger partial charge in [-0.25, -0.2) is 4.39 Å². The van der Waals surface area contributed by atoms with Gasteiger partial charge in [0.2, 0.25) is 0 Å². The molecule has 0 spiro atoms. The topological polar surface area (TPSA) is 57.6 Å². The van der Waals surface area contributed by atoms with Crippen molar-refractivity contribution < 1.29 is 19.1 Å². The molecule has 1 aromatic carbocycles. The van der Waals surface area contributed by atoms with Crippen LogP contribution >= 0.6 is 11.6 Å². The number of carbonyl (C=O) groups is 2. The highest BCUT2D eigenvalue weighted by Crippen LogP contribution is 2.18. The maximum Gasteiger partial charge on any atom is 0.317 e. The van der Waals surface area contributed by atoms with E-state index in [2.05, 4.69) is 0 Å². The molecule has 0 heterocycles. The number of halogens is 2. The Morgan fingerprint density at radius 1 is 1.50 bits per heavy atom. The van der Waals surface area contributed by atoms with Gasteiger partial charge in [0.15, 0.2) is 5.78 Å². The first-order chi connectivity index (χ1) is 8.32. The minimum atomic E-state index is -1.02. The van der Waals surface area contributed by atoms with E-state index in [-0.39, 0.29) is 22.9 Å². The molecule has 1 unspecified atom stereocenters. The van der Waals surface area contributed by atoms with Gasteiger partial charge in [-0.2, -0.15) is 0 Å². The maximum atomic E-state index is 13.0. The van der Waals surface area contributed by atoms with Crippen molar-refractivity contribution in [3.63, 3.8) is 0 Å². The monoisotopic (exact) mass is 273 g/mol. The number of ketones is 1. The minimum absolute atomic E-state index is 0.131. The molecular weight excluding hydrogens is 261 g/mol. The molecule has 0 aromatic heterocycles. The highest BCUT2D eigenvalue weighted by atomic mass is 35.5. The highest BCUT2D eigenvalue weighted by molar-refractivity contribution is 6.31. The molecule has 1 N–H and O–H groups in total. The second kappa shape index (κ2) is 5.93. The number of aliphatic carboxylic acids is 1. The lowest BCUT2D eigenvalue weighted by molar-refractivity contribution is -0.138. The molecule has 0 radical (unpaired) electrons. The third-order valence-electron chi connectivity index (χ3n) is 2.63. The van der Waals surface area contributed by atoms with Gasteiger partial charge in [0.05, 0.1) is 17.6 Å². The fraction of sp³-hybridized carbons (Fsp3) is 0.333. The molecule has 1 atom stereocenters. The van der Waals surface area contributed by atoms with Crippen LogP contribution in [0.25, 0.3) is 0 Å². The Balaban J connectivity index is 2.86. The van der Waals surface area contributed by atoms with Gasteiger partial charge in [-0.05, 0) is 32.2 Å². The van der Waals surface area contributed by atoms with Crippen molar-refractivity contribution in [1.82, 2.24) is 4.90 Å². The van der Waals surface area contributed by atoms with E-state index in [1.807, 2.05) is 0 Å². The zero-order valence-electron chi connectivity index (χ0n) is 9.98. The quantitative estimate of drug-likeness (QED) is 0.835. The van der Waals surface area contributed by atoms with Crippen LogP contribution in [0.1, 0.15) is 17.3 Å². The first-order valence-electron chi connectivity index (χ1n) is 5.24. The summed E-state index contributed by atoms with van der Waals surface area (Å²) in [6, 6.07) is 3.06. The largest absolute Gasteiger partial charge is 0.480 e. The van der Waals surface area contributed by atoms with Gasteiger partial charge >= 0.3 is 5.97 Å². The summed E-state index contributed by atoms with van der Waals surface area (Å²) in [5, 5.41) is 8.51.